The quantitative estimate of drug-likeness (QED) is 0.752. The molecule has 1 unspecified atom stereocenters. The van der Waals surface area contributed by atoms with Gasteiger partial charge in [-0.05, 0) is 26.3 Å². The third-order valence-corrected chi connectivity index (χ3v) is 2.72. The van der Waals surface area contributed by atoms with Crippen LogP contribution in [0.5, 0.6) is 0 Å². The summed E-state index contributed by atoms with van der Waals surface area (Å²) in [4.78, 5) is 11.8. The fraction of sp³-hybridized carbons (Fsp3) is 0.615. The van der Waals surface area contributed by atoms with Gasteiger partial charge in [0, 0.05) is 6.04 Å². The molecule has 1 atom stereocenters. The summed E-state index contributed by atoms with van der Waals surface area (Å²) >= 11 is 0. The largest absolute Gasteiger partial charge is 0.469 e. The van der Waals surface area contributed by atoms with E-state index in [0.29, 0.717) is 11.3 Å². The Hall–Kier alpha value is -1.25. The Morgan fingerprint density at radius 3 is 2.81 bits per heavy atom. The summed E-state index contributed by atoms with van der Waals surface area (Å²) in [5, 5.41) is 2.98. The summed E-state index contributed by atoms with van der Waals surface area (Å²) in [5.74, 6) is 0.647. The number of hydrogen-bond acceptors (Lipinski definition) is 2. The zero-order chi connectivity index (χ0) is 12.0. The minimum atomic E-state index is -0.0322. The van der Waals surface area contributed by atoms with E-state index in [4.69, 9.17) is 4.42 Å². The molecule has 1 amide bonds. The van der Waals surface area contributed by atoms with E-state index in [9.17, 15) is 4.79 Å². The number of aryl methyl sites for hydroxylation is 1. The van der Waals surface area contributed by atoms with Crippen molar-refractivity contribution in [1.82, 2.24) is 5.32 Å². The highest BCUT2D eigenvalue weighted by molar-refractivity contribution is 5.95. The SMILES string of the molecule is CCCCCC(C)NC(=O)c1ccoc1C. The van der Waals surface area contributed by atoms with Crippen LogP contribution in [0.15, 0.2) is 16.7 Å². The summed E-state index contributed by atoms with van der Waals surface area (Å²) in [7, 11) is 0. The molecule has 1 aromatic rings. The minimum absolute atomic E-state index is 0.0322. The number of carbonyl (C=O) groups is 1. The van der Waals surface area contributed by atoms with Gasteiger partial charge in [-0.25, -0.2) is 0 Å². The van der Waals surface area contributed by atoms with E-state index in [1.54, 1.807) is 19.3 Å². The van der Waals surface area contributed by atoms with Gasteiger partial charge in [-0.3, -0.25) is 4.79 Å². The number of nitrogens with one attached hydrogen (secondary N) is 1. The van der Waals surface area contributed by atoms with Gasteiger partial charge in [0.05, 0.1) is 11.8 Å². The van der Waals surface area contributed by atoms with Crippen LogP contribution in [0, 0.1) is 6.92 Å². The van der Waals surface area contributed by atoms with Crippen molar-refractivity contribution < 1.29 is 9.21 Å². The molecule has 0 bridgehead atoms. The van der Waals surface area contributed by atoms with Crippen LogP contribution in [0.2, 0.25) is 0 Å². The standard InChI is InChI=1S/C13H21NO2/c1-4-5-6-7-10(2)14-13(15)12-8-9-16-11(12)3/h8-10H,4-7H2,1-3H3,(H,14,15). The van der Waals surface area contributed by atoms with Gasteiger partial charge in [0.2, 0.25) is 0 Å². The molecule has 0 spiro atoms. The van der Waals surface area contributed by atoms with Crippen LogP contribution in [0.25, 0.3) is 0 Å². The average Bonchev–Trinajstić information content (AvgIpc) is 2.65. The first kappa shape index (κ1) is 12.8. The van der Waals surface area contributed by atoms with Crippen LogP contribution < -0.4 is 5.32 Å². The molecule has 1 N–H and O–H groups in total. The lowest BCUT2D eigenvalue weighted by Gasteiger charge is -2.13. The fourth-order valence-electron chi connectivity index (χ4n) is 1.69. The highest BCUT2D eigenvalue weighted by Gasteiger charge is 2.13. The topological polar surface area (TPSA) is 42.2 Å². The lowest BCUT2D eigenvalue weighted by molar-refractivity contribution is 0.0936. The second-order valence-corrected chi connectivity index (χ2v) is 4.26. The van der Waals surface area contributed by atoms with Crippen molar-refractivity contribution in [3.8, 4) is 0 Å². The van der Waals surface area contributed by atoms with Crippen LogP contribution in [0.3, 0.4) is 0 Å². The monoisotopic (exact) mass is 223 g/mol. The van der Waals surface area contributed by atoms with Crippen LogP contribution in [0.4, 0.5) is 0 Å². The number of furan rings is 1. The molecule has 0 aromatic carbocycles. The maximum absolute atomic E-state index is 11.8. The Balaban J connectivity index is 2.37. The number of rotatable bonds is 6. The Kier molecular flexibility index (Phi) is 5.09. The molecule has 0 saturated heterocycles. The molecule has 3 heteroatoms. The van der Waals surface area contributed by atoms with Gasteiger partial charge in [-0.1, -0.05) is 26.2 Å². The van der Waals surface area contributed by atoms with Gasteiger partial charge in [-0.15, -0.1) is 0 Å². The van der Waals surface area contributed by atoms with Crippen molar-refractivity contribution in [2.75, 3.05) is 0 Å². The van der Waals surface area contributed by atoms with Gasteiger partial charge in [0.25, 0.3) is 5.91 Å². The van der Waals surface area contributed by atoms with Crippen molar-refractivity contribution in [2.24, 2.45) is 0 Å². The normalized spacial score (nSPS) is 12.4. The van der Waals surface area contributed by atoms with E-state index >= 15 is 0 Å². The van der Waals surface area contributed by atoms with Gasteiger partial charge in [0.1, 0.15) is 5.76 Å². The highest BCUT2D eigenvalue weighted by atomic mass is 16.3. The maximum atomic E-state index is 11.8. The van der Waals surface area contributed by atoms with Crippen molar-refractivity contribution >= 4 is 5.91 Å². The second kappa shape index (κ2) is 6.36. The molecular weight excluding hydrogens is 202 g/mol. The Bertz CT molecular complexity index is 330. The van der Waals surface area contributed by atoms with E-state index in [1.807, 2.05) is 6.92 Å². The number of hydrogen-bond donors (Lipinski definition) is 1. The summed E-state index contributed by atoms with van der Waals surface area (Å²) in [6.45, 7) is 6.03. The fourth-order valence-corrected chi connectivity index (χ4v) is 1.69. The molecule has 0 aliphatic carbocycles. The average molecular weight is 223 g/mol. The first-order chi connectivity index (χ1) is 7.65. The Labute approximate surface area is 97.2 Å². The van der Waals surface area contributed by atoms with Gasteiger partial charge >= 0.3 is 0 Å². The minimum Gasteiger partial charge on any atom is -0.469 e. The smallest absolute Gasteiger partial charge is 0.255 e. The first-order valence-electron chi connectivity index (χ1n) is 6.00. The number of unbranched alkanes of at least 4 members (excludes halogenated alkanes) is 2. The van der Waals surface area contributed by atoms with Crippen molar-refractivity contribution in [3.63, 3.8) is 0 Å². The highest BCUT2D eigenvalue weighted by Crippen LogP contribution is 2.09. The molecule has 3 nitrogen and oxygen atoms in total. The zero-order valence-corrected chi connectivity index (χ0v) is 10.4. The lowest BCUT2D eigenvalue weighted by Crippen LogP contribution is -2.32. The predicted molar refractivity (Wildman–Crippen MR) is 64.5 cm³/mol. The van der Waals surface area contributed by atoms with E-state index in [0.717, 1.165) is 6.42 Å². The van der Waals surface area contributed by atoms with Crippen LogP contribution in [-0.2, 0) is 0 Å². The van der Waals surface area contributed by atoms with Crippen LogP contribution >= 0.6 is 0 Å². The number of carbonyl (C=O) groups excluding carboxylic acids is 1. The molecule has 0 aliphatic heterocycles. The first-order valence-corrected chi connectivity index (χ1v) is 6.00. The van der Waals surface area contributed by atoms with Crippen molar-refractivity contribution in [3.05, 3.63) is 23.7 Å². The molecule has 16 heavy (non-hydrogen) atoms. The van der Waals surface area contributed by atoms with E-state index in [-0.39, 0.29) is 11.9 Å². The summed E-state index contributed by atoms with van der Waals surface area (Å²) in [6.07, 6.45) is 6.19. The zero-order valence-electron chi connectivity index (χ0n) is 10.4. The molecule has 0 radical (unpaired) electrons. The van der Waals surface area contributed by atoms with Gasteiger partial charge in [0.15, 0.2) is 0 Å². The van der Waals surface area contributed by atoms with E-state index < -0.39 is 0 Å². The summed E-state index contributed by atoms with van der Waals surface area (Å²) in [6, 6.07) is 1.94. The molecule has 1 rings (SSSR count). The molecule has 0 saturated carbocycles. The maximum Gasteiger partial charge on any atom is 0.255 e. The Morgan fingerprint density at radius 2 is 2.25 bits per heavy atom. The van der Waals surface area contributed by atoms with Gasteiger partial charge in [-0.2, -0.15) is 0 Å². The molecule has 90 valence electrons. The molecule has 0 aliphatic rings. The summed E-state index contributed by atoms with van der Waals surface area (Å²) < 4.78 is 5.10. The molecule has 1 aromatic heterocycles. The van der Waals surface area contributed by atoms with E-state index in [2.05, 4.69) is 12.2 Å². The third kappa shape index (κ3) is 3.72. The van der Waals surface area contributed by atoms with Crippen LogP contribution in [-0.4, -0.2) is 11.9 Å². The summed E-state index contributed by atoms with van der Waals surface area (Å²) in [5.41, 5.74) is 0.641. The second-order valence-electron chi connectivity index (χ2n) is 4.26. The number of amides is 1. The van der Waals surface area contributed by atoms with E-state index in [1.165, 1.54) is 19.3 Å². The van der Waals surface area contributed by atoms with Gasteiger partial charge < -0.3 is 9.73 Å². The molecule has 0 fully saturated rings. The molecular formula is C13H21NO2. The Morgan fingerprint density at radius 1 is 1.50 bits per heavy atom. The van der Waals surface area contributed by atoms with Crippen LogP contribution in [0.1, 0.15) is 55.6 Å². The van der Waals surface area contributed by atoms with Crippen molar-refractivity contribution in [1.29, 1.82) is 0 Å². The predicted octanol–water partition coefficient (Wildman–Crippen LogP) is 3.29. The van der Waals surface area contributed by atoms with Crippen molar-refractivity contribution in [2.45, 2.75) is 52.5 Å². The third-order valence-electron chi connectivity index (χ3n) is 2.72. The molecule has 1 heterocycles. The lowest BCUT2D eigenvalue weighted by atomic mass is 10.1.